The fourth-order valence-corrected chi connectivity index (χ4v) is 2.84. The van der Waals surface area contributed by atoms with Crippen LogP contribution in [0.1, 0.15) is 12.0 Å². The molecule has 0 aromatic heterocycles. The number of benzene rings is 1. The third kappa shape index (κ3) is 0.930. The van der Waals surface area contributed by atoms with Gasteiger partial charge in [0, 0.05) is 29.8 Å². The Bertz CT molecular complexity index is 474. The summed E-state index contributed by atoms with van der Waals surface area (Å²) in [5.41, 5.74) is 8.69. The lowest BCUT2D eigenvalue weighted by Crippen LogP contribution is -2.20. The summed E-state index contributed by atoms with van der Waals surface area (Å²) in [6, 6.07) is 4.45. The molecule has 4 rings (SSSR count). The Labute approximate surface area is 93.7 Å². The summed E-state index contributed by atoms with van der Waals surface area (Å²) in [5, 5.41) is 3.42. The minimum absolute atomic E-state index is 0.172. The van der Waals surface area contributed by atoms with Gasteiger partial charge in [-0.2, -0.15) is 0 Å². The average molecular weight is 218 g/mol. The van der Waals surface area contributed by atoms with Crippen molar-refractivity contribution in [1.29, 1.82) is 0 Å². The highest BCUT2D eigenvalue weighted by atomic mass is 16.6. The van der Waals surface area contributed by atoms with Crippen LogP contribution in [0.4, 0.5) is 5.69 Å². The molecule has 1 aliphatic carbocycles. The van der Waals surface area contributed by atoms with Crippen LogP contribution in [0.3, 0.4) is 0 Å². The quantitative estimate of drug-likeness (QED) is 0.678. The van der Waals surface area contributed by atoms with Gasteiger partial charge in [0.15, 0.2) is 11.5 Å². The number of nitrogens with two attached hydrogens (primary N) is 1. The van der Waals surface area contributed by atoms with E-state index in [0.717, 1.165) is 30.2 Å². The van der Waals surface area contributed by atoms with Crippen LogP contribution in [0.5, 0.6) is 11.5 Å². The summed E-state index contributed by atoms with van der Waals surface area (Å²) in [5.74, 6) is 1.72. The molecule has 16 heavy (non-hydrogen) atoms. The lowest BCUT2D eigenvalue weighted by molar-refractivity contribution is 0.171. The summed E-state index contributed by atoms with van der Waals surface area (Å²) in [6.45, 7) is 2.22. The predicted molar refractivity (Wildman–Crippen MR) is 60.2 cm³/mol. The second kappa shape index (κ2) is 2.63. The molecule has 1 saturated carbocycles. The van der Waals surface area contributed by atoms with Crippen LogP contribution in [0.2, 0.25) is 0 Å². The van der Waals surface area contributed by atoms with Gasteiger partial charge >= 0.3 is 0 Å². The van der Waals surface area contributed by atoms with E-state index < -0.39 is 0 Å². The first-order valence-electron chi connectivity index (χ1n) is 5.73. The molecule has 1 aromatic rings. The number of ether oxygens (including phenoxy) is 2. The lowest BCUT2D eigenvalue weighted by atomic mass is 9.97. The van der Waals surface area contributed by atoms with Crippen molar-refractivity contribution >= 4 is 5.69 Å². The molecule has 1 spiro atoms. The molecule has 0 bridgehead atoms. The van der Waals surface area contributed by atoms with E-state index >= 15 is 0 Å². The van der Waals surface area contributed by atoms with E-state index in [9.17, 15) is 0 Å². The van der Waals surface area contributed by atoms with Gasteiger partial charge in [-0.25, -0.2) is 0 Å². The van der Waals surface area contributed by atoms with Crippen molar-refractivity contribution in [2.75, 3.05) is 25.1 Å². The number of hydrogen-bond acceptors (Lipinski definition) is 4. The Morgan fingerprint density at radius 3 is 2.62 bits per heavy atom. The molecule has 84 valence electrons. The largest absolute Gasteiger partial charge is 0.486 e. The first kappa shape index (κ1) is 8.70. The van der Waals surface area contributed by atoms with Crippen LogP contribution >= 0.6 is 0 Å². The van der Waals surface area contributed by atoms with Crippen molar-refractivity contribution in [2.24, 2.45) is 5.73 Å². The van der Waals surface area contributed by atoms with Crippen molar-refractivity contribution in [2.45, 2.75) is 17.9 Å². The van der Waals surface area contributed by atoms with Crippen LogP contribution in [0, 0.1) is 0 Å². The van der Waals surface area contributed by atoms with Gasteiger partial charge in [0.1, 0.15) is 13.2 Å². The van der Waals surface area contributed by atoms with Crippen molar-refractivity contribution in [3.8, 4) is 11.5 Å². The molecule has 2 heterocycles. The monoisotopic (exact) mass is 218 g/mol. The number of hydrogen-bond donors (Lipinski definition) is 2. The zero-order valence-corrected chi connectivity index (χ0v) is 8.95. The molecular formula is C12H14N2O2. The average Bonchev–Trinajstić information content (AvgIpc) is 2.83. The maximum Gasteiger partial charge on any atom is 0.163 e. The number of rotatable bonds is 0. The highest BCUT2D eigenvalue weighted by molar-refractivity contribution is 5.69. The maximum atomic E-state index is 6.04. The predicted octanol–water partition coefficient (Wildman–Crippen LogP) is 0.852. The topological polar surface area (TPSA) is 56.5 Å². The molecule has 0 amide bonds. The first-order valence-corrected chi connectivity index (χ1v) is 5.73. The van der Waals surface area contributed by atoms with Gasteiger partial charge < -0.3 is 20.5 Å². The van der Waals surface area contributed by atoms with Crippen LogP contribution in [0.25, 0.3) is 0 Å². The molecular weight excluding hydrogens is 204 g/mol. The van der Waals surface area contributed by atoms with Gasteiger partial charge in [0.05, 0.1) is 0 Å². The molecule has 1 fully saturated rings. The normalized spacial score (nSPS) is 33.4. The third-order valence-corrected chi connectivity index (χ3v) is 3.95. The smallest absolute Gasteiger partial charge is 0.163 e. The Morgan fingerprint density at radius 1 is 1.25 bits per heavy atom. The fourth-order valence-electron chi connectivity index (χ4n) is 2.84. The Hall–Kier alpha value is -1.42. The van der Waals surface area contributed by atoms with Gasteiger partial charge in [-0.1, -0.05) is 0 Å². The lowest BCUT2D eigenvalue weighted by Gasteiger charge is -2.20. The third-order valence-electron chi connectivity index (χ3n) is 3.95. The van der Waals surface area contributed by atoms with Crippen LogP contribution in [-0.4, -0.2) is 25.8 Å². The SMILES string of the molecule is NC1CC12CNc1cc3c(cc12)OCCO3. The zero-order valence-electron chi connectivity index (χ0n) is 8.95. The van der Waals surface area contributed by atoms with E-state index in [0.29, 0.717) is 19.3 Å². The highest BCUT2D eigenvalue weighted by Gasteiger charge is 2.57. The van der Waals surface area contributed by atoms with Crippen molar-refractivity contribution in [1.82, 2.24) is 0 Å². The van der Waals surface area contributed by atoms with Crippen LogP contribution in [-0.2, 0) is 5.41 Å². The van der Waals surface area contributed by atoms with E-state index in [-0.39, 0.29) is 5.41 Å². The molecule has 4 heteroatoms. The summed E-state index contributed by atoms with van der Waals surface area (Å²) in [7, 11) is 0. The summed E-state index contributed by atoms with van der Waals surface area (Å²) in [6.07, 6.45) is 1.08. The van der Waals surface area contributed by atoms with Crippen molar-refractivity contribution in [3.63, 3.8) is 0 Å². The van der Waals surface area contributed by atoms with Gasteiger partial charge in [-0.3, -0.25) is 0 Å². The summed E-state index contributed by atoms with van der Waals surface area (Å²) >= 11 is 0. The van der Waals surface area contributed by atoms with Crippen LogP contribution < -0.4 is 20.5 Å². The molecule has 2 atom stereocenters. The first-order chi connectivity index (χ1) is 7.79. The highest BCUT2D eigenvalue weighted by Crippen LogP contribution is 2.55. The standard InChI is InChI=1S/C12H14N2O2/c13-11-5-12(11)6-14-8-4-10-9(3-7(8)12)15-1-2-16-10/h3-4,11,14H,1-2,5-6,13H2. The molecule has 3 N–H and O–H groups in total. The van der Waals surface area contributed by atoms with Gasteiger partial charge in [0.2, 0.25) is 0 Å². The molecule has 3 aliphatic rings. The van der Waals surface area contributed by atoms with Crippen molar-refractivity contribution in [3.05, 3.63) is 17.7 Å². The molecule has 0 saturated heterocycles. The fraction of sp³-hybridized carbons (Fsp3) is 0.500. The minimum Gasteiger partial charge on any atom is -0.486 e. The Balaban J connectivity index is 1.86. The Kier molecular flexibility index (Phi) is 1.43. The van der Waals surface area contributed by atoms with E-state index in [2.05, 4.69) is 11.4 Å². The van der Waals surface area contributed by atoms with Gasteiger partial charge in [0.25, 0.3) is 0 Å². The molecule has 2 aliphatic heterocycles. The van der Waals surface area contributed by atoms with E-state index in [1.165, 1.54) is 5.56 Å². The second-order valence-corrected chi connectivity index (χ2v) is 4.86. The second-order valence-electron chi connectivity index (χ2n) is 4.86. The molecule has 0 radical (unpaired) electrons. The minimum atomic E-state index is 0.172. The van der Waals surface area contributed by atoms with Crippen molar-refractivity contribution < 1.29 is 9.47 Å². The maximum absolute atomic E-state index is 6.04. The number of nitrogens with one attached hydrogen (secondary N) is 1. The van der Waals surface area contributed by atoms with E-state index in [1.807, 2.05) is 6.07 Å². The summed E-state index contributed by atoms with van der Waals surface area (Å²) in [4.78, 5) is 0. The zero-order chi connectivity index (χ0) is 10.8. The Morgan fingerprint density at radius 2 is 1.94 bits per heavy atom. The molecule has 2 unspecified atom stereocenters. The van der Waals surface area contributed by atoms with Gasteiger partial charge in [-0.15, -0.1) is 0 Å². The molecule has 1 aromatic carbocycles. The van der Waals surface area contributed by atoms with Crippen LogP contribution in [0.15, 0.2) is 12.1 Å². The summed E-state index contributed by atoms with van der Waals surface area (Å²) < 4.78 is 11.2. The van der Waals surface area contributed by atoms with E-state index in [1.54, 1.807) is 0 Å². The molecule has 4 nitrogen and oxygen atoms in total. The van der Waals surface area contributed by atoms with Gasteiger partial charge in [-0.05, 0) is 18.1 Å². The van der Waals surface area contributed by atoms with E-state index in [4.69, 9.17) is 15.2 Å². The number of fused-ring (bicyclic) bond motifs is 3. The number of anilines is 1.